The number of aromatic nitrogens is 2. The summed E-state index contributed by atoms with van der Waals surface area (Å²) in [6.07, 6.45) is 4.18. The van der Waals surface area contributed by atoms with Crippen molar-refractivity contribution >= 4 is 28.1 Å². The minimum Gasteiger partial charge on any atom is -0.313 e. The molecular formula is C43H31N3. The third kappa shape index (κ3) is 5.14. The zero-order valence-corrected chi connectivity index (χ0v) is 25.2. The monoisotopic (exact) mass is 589 g/mol. The molecule has 8 rings (SSSR count). The summed E-state index contributed by atoms with van der Waals surface area (Å²) in [4.78, 5) is 7.37. The fraction of sp³-hybridized carbons (Fsp3) is 0. The Bertz CT molecular complexity index is 2180. The van der Waals surface area contributed by atoms with E-state index in [0.29, 0.717) is 0 Å². The Morgan fingerprint density at radius 1 is 0.435 bits per heavy atom. The molecule has 0 aliphatic rings. The molecule has 0 unspecified atom stereocenters. The fourth-order valence-electron chi connectivity index (χ4n) is 6.25. The highest BCUT2D eigenvalue weighted by atomic mass is 15.2. The summed E-state index contributed by atoms with van der Waals surface area (Å²) < 4.78 is 2.31. The van der Waals surface area contributed by atoms with Crippen LogP contribution in [0.1, 0.15) is 0 Å². The second-order valence-corrected chi connectivity index (χ2v) is 11.3. The quantitative estimate of drug-likeness (QED) is 0.184. The summed E-state index contributed by atoms with van der Waals surface area (Å²) in [7, 11) is 0. The highest BCUT2D eigenvalue weighted by Gasteiger charge is 2.22. The number of fused-ring (bicyclic) bond motifs is 1. The van der Waals surface area contributed by atoms with E-state index in [1.165, 1.54) is 22.3 Å². The lowest BCUT2D eigenvalue weighted by Crippen LogP contribution is -2.11. The maximum atomic E-state index is 5.05. The molecule has 0 radical (unpaired) electrons. The molecule has 0 saturated carbocycles. The number of hydrogen-bond acceptors (Lipinski definition) is 2. The molecule has 0 fully saturated rings. The van der Waals surface area contributed by atoms with Crippen LogP contribution in [0.3, 0.4) is 0 Å². The zero-order chi connectivity index (χ0) is 30.7. The number of nitrogens with zero attached hydrogens (tertiary/aromatic N) is 3. The van der Waals surface area contributed by atoms with Crippen molar-refractivity contribution in [3.63, 3.8) is 0 Å². The largest absolute Gasteiger partial charge is 0.313 e. The minimum absolute atomic E-state index is 0.951. The van der Waals surface area contributed by atoms with Gasteiger partial charge >= 0.3 is 0 Å². The highest BCUT2D eigenvalue weighted by molar-refractivity contribution is 6.03. The Kier molecular flexibility index (Phi) is 7.18. The van der Waals surface area contributed by atoms with Crippen LogP contribution in [0.25, 0.3) is 50.1 Å². The molecule has 0 aliphatic heterocycles. The fourth-order valence-corrected chi connectivity index (χ4v) is 6.25. The number of rotatable bonds is 7. The van der Waals surface area contributed by atoms with Crippen LogP contribution in [0.15, 0.2) is 188 Å². The van der Waals surface area contributed by atoms with Crippen molar-refractivity contribution in [3.05, 3.63) is 188 Å². The summed E-state index contributed by atoms with van der Waals surface area (Å²) in [6.45, 7) is 0. The molecule has 0 aliphatic carbocycles. The number of pyridine rings is 1. The molecule has 218 valence electrons. The first kappa shape index (κ1) is 27.4. The van der Waals surface area contributed by atoms with Crippen molar-refractivity contribution < 1.29 is 0 Å². The Hall–Kier alpha value is -6.19. The molecule has 0 bridgehead atoms. The van der Waals surface area contributed by atoms with Gasteiger partial charge in [-0.3, -0.25) is 4.98 Å². The lowest BCUT2D eigenvalue weighted by atomic mass is 10.0. The van der Waals surface area contributed by atoms with Gasteiger partial charge in [0.1, 0.15) is 0 Å². The molecule has 6 aromatic carbocycles. The standard InChI is InChI=1S/C43H31N3/c1-5-14-32(15-6-1)34-24-26-35(27-25-34)40-31-45(39-23-13-18-36(30-39)33-16-7-2-8-17-33)43-41(28-29-44-42(40)43)46(37-19-9-3-10-20-37)38-21-11-4-12-22-38/h1-31H. The Labute approximate surface area is 269 Å². The molecule has 46 heavy (non-hydrogen) atoms. The van der Waals surface area contributed by atoms with Gasteiger partial charge in [0.05, 0.1) is 16.7 Å². The van der Waals surface area contributed by atoms with Crippen molar-refractivity contribution in [1.29, 1.82) is 0 Å². The summed E-state index contributed by atoms with van der Waals surface area (Å²) in [5, 5.41) is 0. The maximum absolute atomic E-state index is 5.05. The molecular weight excluding hydrogens is 558 g/mol. The molecule has 0 atom stereocenters. The average Bonchev–Trinajstić information content (AvgIpc) is 3.54. The molecule has 3 nitrogen and oxygen atoms in total. The van der Waals surface area contributed by atoms with Crippen molar-refractivity contribution in [2.45, 2.75) is 0 Å². The molecule has 2 heterocycles. The van der Waals surface area contributed by atoms with E-state index in [1.54, 1.807) is 0 Å². The van der Waals surface area contributed by atoms with Crippen molar-refractivity contribution in [2.24, 2.45) is 0 Å². The smallest absolute Gasteiger partial charge is 0.0984 e. The van der Waals surface area contributed by atoms with Crippen LogP contribution >= 0.6 is 0 Å². The first-order valence-corrected chi connectivity index (χ1v) is 15.6. The lowest BCUT2D eigenvalue weighted by molar-refractivity contribution is 1.12. The van der Waals surface area contributed by atoms with Crippen LogP contribution in [0.5, 0.6) is 0 Å². The van der Waals surface area contributed by atoms with E-state index < -0.39 is 0 Å². The predicted molar refractivity (Wildman–Crippen MR) is 192 cm³/mol. The van der Waals surface area contributed by atoms with E-state index in [0.717, 1.165) is 44.9 Å². The van der Waals surface area contributed by atoms with E-state index in [2.05, 4.69) is 192 Å². The van der Waals surface area contributed by atoms with Gasteiger partial charge in [0.2, 0.25) is 0 Å². The van der Waals surface area contributed by atoms with Crippen molar-refractivity contribution in [3.8, 4) is 39.1 Å². The Morgan fingerprint density at radius 3 is 1.54 bits per heavy atom. The molecule has 3 heteroatoms. The molecule has 0 spiro atoms. The van der Waals surface area contributed by atoms with Gasteiger partial charge in [0.25, 0.3) is 0 Å². The van der Waals surface area contributed by atoms with E-state index in [-0.39, 0.29) is 0 Å². The van der Waals surface area contributed by atoms with Gasteiger partial charge in [-0.1, -0.05) is 133 Å². The molecule has 0 amide bonds. The topological polar surface area (TPSA) is 21.1 Å². The van der Waals surface area contributed by atoms with E-state index in [9.17, 15) is 0 Å². The van der Waals surface area contributed by atoms with E-state index in [1.807, 2.05) is 6.20 Å². The van der Waals surface area contributed by atoms with Gasteiger partial charge in [0.15, 0.2) is 0 Å². The van der Waals surface area contributed by atoms with E-state index in [4.69, 9.17) is 4.98 Å². The summed E-state index contributed by atoms with van der Waals surface area (Å²) >= 11 is 0. The Morgan fingerprint density at radius 2 is 0.935 bits per heavy atom. The van der Waals surface area contributed by atoms with Gasteiger partial charge in [-0.05, 0) is 70.3 Å². The molecule has 8 aromatic rings. The number of anilines is 3. The van der Waals surface area contributed by atoms with Gasteiger partial charge in [-0.25, -0.2) is 0 Å². The molecule has 2 aromatic heterocycles. The van der Waals surface area contributed by atoms with Gasteiger partial charge in [-0.15, -0.1) is 0 Å². The van der Waals surface area contributed by atoms with Crippen molar-refractivity contribution in [1.82, 2.24) is 9.55 Å². The van der Waals surface area contributed by atoms with Crippen LogP contribution in [0.2, 0.25) is 0 Å². The first-order chi connectivity index (χ1) is 22.8. The van der Waals surface area contributed by atoms with Crippen LogP contribution in [0.4, 0.5) is 17.1 Å². The second-order valence-electron chi connectivity index (χ2n) is 11.3. The first-order valence-electron chi connectivity index (χ1n) is 15.6. The van der Waals surface area contributed by atoms with Gasteiger partial charge < -0.3 is 9.47 Å². The normalized spacial score (nSPS) is 11.0. The van der Waals surface area contributed by atoms with E-state index >= 15 is 0 Å². The van der Waals surface area contributed by atoms with Gasteiger partial charge in [-0.2, -0.15) is 0 Å². The molecule has 0 saturated heterocycles. The summed E-state index contributed by atoms with van der Waals surface area (Å²) in [6, 6.07) is 61.9. The Balaban J connectivity index is 1.37. The maximum Gasteiger partial charge on any atom is 0.0984 e. The number of para-hydroxylation sites is 2. The van der Waals surface area contributed by atoms with Crippen LogP contribution < -0.4 is 4.90 Å². The summed E-state index contributed by atoms with van der Waals surface area (Å²) in [5.41, 5.74) is 13.3. The van der Waals surface area contributed by atoms with Gasteiger partial charge in [0, 0.05) is 35.0 Å². The van der Waals surface area contributed by atoms with Crippen molar-refractivity contribution in [2.75, 3.05) is 4.90 Å². The number of benzene rings is 6. The second kappa shape index (κ2) is 12.1. The lowest BCUT2D eigenvalue weighted by Gasteiger charge is -2.26. The molecule has 0 N–H and O–H groups in total. The number of hydrogen-bond donors (Lipinski definition) is 0. The predicted octanol–water partition coefficient (Wildman–Crippen LogP) is 11.5. The van der Waals surface area contributed by atoms with Crippen LogP contribution in [-0.2, 0) is 0 Å². The average molecular weight is 590 g/mol. The third-order valence-corrected chi connectivity index (χ3v) is 8.46. The SMILES string of the molecule is c1ccc(-c2ccc(-c3cn(-c4cccc(-c5ccccc5)c4)c4c(N(c5ccccc5)c5ccccc5)ccnc34)cc2)cc1. The third-order valence-electron chi connectivity index (χ3n) is 8.46. The van der Waals surface area contributed by atoms with Crippen LogP contribution in [-0.4, -0.2) is 9.55 Å². The minimum atomic E-state index is 0.951. The highest BCUT2D eigenvalue weighted by Crippen LogP contribution is 2.42. The van der Waals surface area contributed by atoms with Crippen LogP contribution in [0, 0.1) is 0 Å². The summed E-state index contributed by atoms with van der Waals surface area (Å²) in [5.74, 6) is 0. The zero-order valence-electron chi connectivity index (χ0n) is 25.2.